The lowest BCUT2D eigenvalue weighted by atomic mass is 9.97. The van der Waals surface area contributed by atoms with Crippen molar-refractivity contribution in [2.24, 2.45) is 4.99 Å². The second-order valence-electron chi connectivity index (χ2n) is 4.75. The summed E-state index contributed by atoms with van der Waals surface area (Å²) in [4.78, 5) is 11.8. The second kappa shape index (κ2) is 5.86. The van der Waals surface area contributed by atoms with Crippen LogP contribution >= 0.6 is 0 Å². The molecule has 0 fully saturated rings. The Hall–Kier alpha value is -1.78. The molecule has 0 saturated heterocycles. The quantitative estimate of drug-likeness (QED) is 0.696. The molecule has 0 aliphatic carbocycles. The van der Waals surface area contributed by atoms with E-state index in [1.165, 1.54) is 4.99 Å². The average molecular weight is 415 g/mol. The molecular formula is C9H5F12N3O2. The lowest BCUT2D eigenvalue weighted by Gasteiger charge is -2.46. The summed E-state index contributed by atoms with van der Waals surface area (Å²) < 4.78 is 156. The molecule has 0 amide bonds. The van der Waals surface area contributed by atoms with Crippen molar-refractivity contribution >= 4 is 12.2 Å². The zero-order valence-corrected chi connectivity index (χ0v) is 11.6. The summed E-state index contributed by atoms with van der Waals surface area (Å²) in [6.45, 7) is -2.13. The first-order chi connectivity index (χ1) is 11.3. The van der Waals surface area contributed by atoms with Crippen LogP contribution in [0.5, 0.6) is 0 Å². The smallest absolute Gasteiger partial charge is 0.437 e. The number of aliphatic imine (C=N–C) groups is 1. The van der Waals surface area contributed by atoms with Crippen molar-refractivity contribution < 1.29 is 62.6 Å². The number of carboxylic acid groups (broad SMARTS) is 1. The first-order valence-corrected chi connectivity index (χ1v) is 5.84. The van der Waals surface area contributed by atoms with E-state index in [-0.39, 0.29) is 0 Å². The molecule has 152 valence electrons. The van der Waals surface area contributed by atoms with Crippen LogP contribution in [-0.2, 0) is 4.79 Å². The zero-order valence-electron chi connectivity index (χ0n) is 11.6. The number of carbonyl (C=O) groups is 1. The lowest BCUT2D eigenvalue weighted by Crippen LogP contribution is -2.79. The van der Waals surface area contributed by atoms with Gasteiger partial charge < -0.3 is 5.11 Å². The summed E-state index contributed by atoms with van der Waals surface area (Å²) in [6.07, 6.45) is -28.9. The molecule has 0 bridgehead atoms. The standard InChI is InChI=1S/C9H5F12N3O2/c10-6(11,12)4(7(13,14)15)2-22-5(8(16,17)18,9(19,20)21)24(4)23-1-3(25)26/h2,23H,1H2,(H,25,26). The topological polar surface area (TPSA) is 64.9 Å². The molecule has 1 aliphatic heterocycles. The van der Waals surface area contributed by atoms with Crippen LogP contribution in [0.2, 0.25) is 0 Å². The molecule has 0 saturated carbocycles. The van der Waals surface area contributed by atoms with Gasteiger partial charge in [-0.05, 0) is 0 Å². The van der Waals surface area contributed by atoms with Crippen molar-refractivity contribution in [3.05, 3.63) is 0 Å². The van der Waals surface area contributed by atoms with Gasteiger partial charge in [-0.1, -0.05) is 0 Å². The van der Waals surface area contributed by atoms with Crippen molar-refractivity contribution in [1.29, 1.82) is 0 Å². The number of nitrogens with one attached hydrogen (secondary N) is 1. The molecule has 1 aliphatic rings. The number of nitrogens with zero attached hydrogens (tertiary/aromatic N) is 2. The highest BCUT2D eigenvalue weighted by Crippen LogP contribution is 2.58. The Morgan fingerprint density at radius 3 is 1.54 bits per heavy atom. The average Bonchev–Trinajstić information content (AvgIpc) is 2.70. The Morgan fingerprint density at radius 1 is 0.885 bits per heavy atom. The van der Waals surface area contributed by atoms with Crippen LogP contribution < -0.4 is 5.43 Å². The van der Waals surface area contributed by atoms with Gasteiger partial charge in [0.2, 0.25) is 0 Å². The molecule has 0 aromatic heterocycles. The molecular weight excluding hydrogens is 410 g/mol. The lowest BCUT2D eigenvalue weighted by molar-refractivity contribution is -0.393. The van der Waals surface area contributed by atoms with Gasteiger partial charge >= 0.3 is 36.3 Å². The Kier molecular flexibility index (Phi) is 5.02. The van der Waals surface area contributed by atoms with Crippen LogP contribution in [0.1, 0.15) is 0 Å². The fourth-order valence-electron chi connectivity index (χ4n) is 2.06. The van der Waals surface area contributed by atoms with Crippen LogP contribution in [-0.4, -0.2) is 64.8 Å². The number of hydrogen-bond donors (Lipinski definition) is 2. The number of alkyl halides is 12. The van der Waals surface area contributed by atoms with Crippen LogP contribution in [0.25, 0.3) is 0 Å². The molecule has 0 atom stereocenters. The molecule has 17 heteroatoms. The first-order valence-electron chi connectivity index (χ1n) is 5.84. The molecule has 26 heavy (non-hydrogen) atoms. The number of rotatable bonds is 3. The third kappa shape index (κ3) is 2.95. The Morgan fingerprint density at radius 2 is 1.27 bits per heavy atom. The van der Waals surface area contributed by atoms with E-state index in [0.717, 1.165) is 0 Å². The van der Waals surface area contributed by atoms with Gasteiger partial charge in [0.15, 0.2) is 0 Å². The number of aliphatic carboxylic acids is 1. The summed E-state index contributed by atoms with van der Waals surface area (Å²) in [5.41, 5.74) is -11.5. The molecule has 2 N–H and O–H groups in total. The molecule has 0 aromatic rings. The molecule has 0 unspecified atom stereocenters. The third-order valence-corrected chi connectivity index (χ3v) is 3.16. The monoisotopic (exact) mass is 415 g/mol. The highest BCUT2D eigenvalue weighted by Gasteiger charge is 2.88. The van der Waals surface area contributed by atoms with E-state index < -0.39 is 59.6 Å². The maximum absolute atomic E-state index is 13.0. The molecule has 1 heterocycles. The van der Waals surface area contributed by atoms with Crippen LogP contribution in [0.3, 0.4) is 0 Å². The van der Waals surface area contributed by atoms with Gasteiger partial charge in [-0.3, -0.25) is 9.79 Å². The Balaban J connectivity index is 3.87. The van der Waals surface area contributed by atoms with Crippen molar-refractivity contribution in [3.8, 4) is 0 Å². The van der Waals surface area contributed by atoms with Gasteiger partial charge in [0.25, 0.3) is 5.54 Å². The number of halogens is 12. The van der Waals surface area contributed by atoms with E-state index in [9.17, 15) is 57.5 Å². The SMILES string of the molecule is O=C(O)CNN1C(C(F)(F)F)(C(F)(F)F)C=NC1(C(F)(F)F)C(F)(F)F. The van der Waals surface area contributed by atoms with Gasteiger partial charge in [-0.15, -0.1) is 0 Å². The molecule has 5 nitrogen and oxygen atoms in total. The van der Waals surface area contributed by atoms with E-state index >= 15 is 0 Å². The minimum Gasteiger partial charge on any atom is -0.480 e. The van der Waals surface area contributed by atoms with Crippen molar-refractivity contribution in [1.82, 2.24) is 10.4 Å². The molecule has 0 spiro atoms. The summed E-state index contributed by atoms with van der Waals surface area (Å²) in [5.74, 6) is -2.34. The first kappa shape index (κ1) is 22.3. The fourth-order valence-corrected chi connectivity index (χ4v) is 2.06. The van der Waals surface area contributed by atoms with Crippen molar-refractivity contribution in [2.45, 2.75) is 35.9 Å². The number of hydrazine groups is 1. The molecule has 1 rings (SSSR count). The van der Waals surface area contributed by atoms with E-state index in [1.54, 1.807) is 0 Å². The molecule has 0 aromatic carbocycles. The minimum atomic E-state index is -6.84. The Labute approximate surface area is 134 Å². The molecule has 0 radical (unpaired) electrons. The van der Waals surface area contributed by atoms with Gasteiger partial charge in [0.05, 0.1) is 0 Å². The van der Waals surface area contributed by atoms with Crippen LogP contribution in [0.15, 0.2) is 4.99 Å². The predicted molar refractivity (Wildman–Crippen MR) is 55.7 cm³/mol. The van der Waals surface area contributed by atoms with Crippen molar-refractivity contribution in [3.63, 3.8) is 0 Å². The van der Waals surface area contributed by atoms with Gasteiger partial charge in [-0.2, -0.15) is 57.7 Å². The summed E-state index contributed by atoms with van der Waals surface area (Å²) in [5, 5.41) is 5.96. The predicted octanol–water partition coefficient (Wildman–Crippen LogP) is 2.65. The van der Waals surface area contributed by atoms with E-state index in [2.05, 4.69) is 0 Å². The van der Waals surface area contributed by atoms with E-state index in [4.69, 9.17) is 5.11 Å². The maximum Gasteiger partial charge on any atom is 0.437 e. The largest absolute Gasteiger partial charge is 0.480 e. The zero-order chi connectivity index (χ0) is 21.0. The van der Waals surface area contributed by atoms with Gasteiger partial charge in [-0.25, -0.2) is 5.43 Å². The third-order valence-electron chi connectivity index (χ3n) is 3.16. The second-order valence-corrected chi connectivity index (χ2v) is 4.75. The Bertz CT molecular complexity index is 517. The number of carboxylic acids is 1. The van der Waals surface area contributed by atoms with E-state index in [1.807, 2.05) is 0 Å². The fraction of sp³-hybridized carbons (Fsp3) is 0.778. The summed E-state index contributed by atoms with van der Waals surface area (Å²) >= 11 is 0. The highest BCUT2D eigenvalue weighted by atomic mass is 19.4. The van der Waals surface area contributed by atoms with Gasteiger partial charge in [0, 0.05) is 6.21 Å². The van der Waals surface area contributed by atoms with Gasteiger partial charge in [0.1, 0.15) is 6.54 Å². The minimum absolute atomic E-state index is 0.418. The van der Waals surface area contributed by atoms with E-state index in [0.29, 0.717) is 5.43 Å². The summed E-state index contributed by atoms with van der Waals surface area (Å²) in [7, 11) is 0. The normalized spacial score (nSPS) is 21.2. The van der Waals surface area contributed by atoms with Crippen LogP contribution in [0, 0.1) is 0 Å². The highest BCUT2D eigenvalue weighted by molar-refractivity contribution is 5.77. The summed E-state index contributed by atoms with van der Waals surface area (Å²) in [6, 6.07) is 0. The van der Waals surface area contributed by atoms with Crippen molar-refractivity contribution in [2.75, 3.05) is 6.54 Å². The number of hydrogen-bond acceptors (Lipinski definition) is 4. The van der Waals surface area contributed by atoms with Crippen LogP contribution in [0.4, 0.5) is 52.7 Å². The maximum atomic E-state index is 13.0.